The van der Waals surface area contributed by atoms with Gasteiger partial charge in [0, 0.05) is 13.2 Å². The molecule has 2 rings (SSSR count). The Morgan fingerprint density at radius 3 is 2.63 bits per heavy atom. The van der Waals surface area contributed by atoms with Gasteiger partial charge in [0.2, 0.25) is 0 Å². The van der Waals surface area contributed by atoms with E-state index in [-0.39, 0.29) is 5.69 Å². The first kappa shape index (κ1) is 13.2. The third-order valence-corrected chi connectivity index (χ3v) is 2.60. The number of rotatable bonds is 5. The van der Waals surface area contributed by atoms with Crippen LogP contribution >= 0.6 is 0 Å². The smallest absolute Gasteiger partial charge is 0.358 e. The zero-order chi connectivity index (χ0) is 14.0. The Morgan fingerprint density at radius 2 is 2.11 bits per heavy atom. The zero-order valence-corrected chi connectivity index (χ0v) is 11.1. The first-order chi connectivity index (χ1) is 8.97. The van der Waals surface area contributed by atoms with Gasteiger partial charge in [-0.25, -0.2) is 9.48 Å². The summed E-state index contributed by atoms with van der Waals surface area (Å²) in [6.07, 6.45) is 2.37. The van der Waals surface area contributed by atoms with E-state index in [2.05, 4.69) is 20.6 Å². The summed E-state index contributed by atoms with van der Waals surface area (Å²) < 4.78 is 3.17. The van der Waals surface area contributed by atoms with Crippen molar-refractivity contribution in [3.63, 3.8) is 0 Å². The maximum atomic E-state index is 11.1. The molecular formula is C11H16N6O2. The molecule has 0 bridgehead atoms. The SMILES string of the molecule is CC(C)Cc1c(C(=O)O)nnn1Cc1cn(C)nn1. The van der Waals surface area contributed by atoms with E-state index in [0.717, 1.165) is 0 Å². The minimum absolute atomic E-state index is 0.0117. The number of nitrogens with zero attached hydrogens (tertiary/aromatic N) is 6. The third-order valence-electron chi connectivity index (χ3n) is 2.60. The van der Waals surface area contributed by atoms with E-state index in [9.17, 15) is 4.79 Å². The lowest BCUT2D eigenvalue weighted by Crippen LogP contribution is -2.12. The topological polar surface area (TPSA) is 98.7 Å². The van der Waals surface area contributed by atoms with Crippen LogP contribution in [0.1, 0.15) is 35.7 Å². The first-order valence-electron chi connectivity index (χ1n) is 5.98. The van der Waals surface area contributed by atoms with Crippen molar-refractivity contribution in [2.24, 2.45) is 13.0 Å². The summed E-state index contributed by atoms with van der Waals surface area (Å²) in [7, 11) is 1.77. The Bertz CT molecular complexity index is 586. The molecule has 102 valence electrons. The maximum Gasteiger partial charge on any atom is 0.358 e. The van der Waals surface area contributed by atoms with Gasteiger partial charge in [-0.05, 0) is 12.3 Å². The normalized spacial score (nSPS) is 11.2. The van der Waals surface area contributed by atoms with Crippen molar-refractivity contribution >= 4 is 5.97 Å². The van der Waals surface area contributed by atoms with Gasteiger partial charge in [0.1, 0.15) is 5.69 Å². The maximum absolute atomic E-state index is 11.1. The number of carboxylic acid groups (broad SMARTS) is 1. The number of carboxylic acids is 1. The molecule has 8 nitrogen and oxygen atoms in total. The fourth-order valence-electron chi connectivity index (χ4n) is 1.84. The quantitative estimate of drug-likeness (QED) is 0.836. The Balaban J connectivity index is 2.31. The second-order valence-corrected chi connectivity index (χ2v) is 4.83. The van der Waals surface area contributed by atoms with Gasteiger partial charge in [-0.1, -0.05) is 24.3 Å². The van der Waals surface area contributed by atoms with Gasteiger partial charge in [0.15, 0.2) is 5.69 Å². The molecule has 0 spiro atoms. The summed E-state index contributed by atoms with van der Waals surface area (Å²) in [5, 5.41) is 24.5. The number of aromatic nitrogens is 6. The highest BCUT2D eigenvalue weighted by molar-refractivity contribution is 5.86. The minimum atomic E-state index is -1.05. The number of carbonyl (C=O) groups is 1. The number of hydrogen-bond acceptors (Lipinski definition) is 5. The summed E-state index contributed by atoms with van der Waals surface area (Å²) in [6.45, 7) is 4.41. The van der Waals surface area contributed by atoms with E-state index >= 15 is 0 Å². The molecule has 0 amide bonds. The van der Waals surface area contributed by atoms with E-state index in [0.29, 0.717) is 30.3 Å². The average Bonchev–Trinajstić information content (AvgIpc) is 2.87. The lowest BCUT2D eigenvalue weighted by atomic mass is 10.1. The second kappa shape index (κ2) is 5.17. The highest BCUT2D eigenvalue weighted by atomic mass is 16.4. The van der Waals surface area contributed by atoms with Crippen molar-refractivity contribution in [3.8, 4) is 0 Å². The molecule has 19 heavy (non-hydrogen) atoms. The lowest BCUT2D eigenvalue weighted by molar-refractivity contribution is 0.0689. The van der Waals surface area contributed by atoms with Crippen molar-refractivity contribution in [2.75, 3.05) is 0 Å². The van der Waals surface area contributed by atoms with E-state index in [1.54, 1.807) is 22.6 Å². The molecule has 0 unspecified atom stereocenters. The molecule has 2 aromatic heterocycles. The van der Waals surface area contributed by atoms with Gasteiger partial charge < -0.3 is 5.11 Å². The van der Waals surface area contributed by atoms with Crippen LogP contribution < -0.4 is 0 Å². The molecule has 0 atom stereocenters. The van der Waals surface area contributed by atoms with Crippen LogP contribution in [0.15, 0.2) is 6.20 Å². The average molecular weight is 264 g/mol. The van der Waals surface area contributed by atoms with Gasteiger partial charge in [0.05, 0.1) is 12.2 Å². The Morgan fingerprint density at radius 1 is 1.37 bits per heavy atom. The largest absolute Gasteiger partial charge is 0.476 e. The summed E-state index contributed by atoms with van der Waals surface area (Å²) in [5.41, 5.74) is 1.35. The molecule has 0 radical (unpaired) electrons. The minimum Gasteiger partial charge on any atom is -0.476 e. The van der Waals surface area contributed by atoms with E-state index in [1.807, 2.05) is 13.8 Å². The van der Waals surface area contributed by atoms with Gasteiger partial charge in [-0.15, -0.1) is 10.2 Å². The summed E-state index contributed by atoms with van der Waals surface area (Å²) in [5.74, 6) is -0.738. The van der Waals surface area contributed by atoms with Gasteiger partial charge in [-0.3, -0.25) is 4.68 Å². The molecule has 0 aliphatic rings. The van der Waals surface area contributed by atoms with Crippen LogP contribution in [0, 0.1) is 5.92 Å². The molecule has 2 heterocycles. The van der Waals surface area contributed by atoms with E-state index < -0.39 is 5.97 Å². The van der Waals surface area contributed by atoms with E-state index in [4.69, 9.17) is 5.11 Å². The molecule has 8 heteroatoms. The van der Waals surface area contributed by atoms with Crippen molar-refractivity contribution in [2.45, 2.75) is 26.8 Å². The molecule has 0 fully saturated rings. The molecule has 0 aliphatic heterocycles. The fourth-order valence-corrected chi connectivity index (χ4v) is 1.84. The summed E-state index contributed by atoms with van der Waals surface area (Å²) in [4.78, 5) is 11.1. The summed E-state index contributed by atoms with van der Waals surface area (Å²) >= 11 is 0. The van der Waals surface area contributed by atoms with Crippen LogP contribution in [0.4, 0.5) is 0 Å². The van der Waals surface area contributed by atoms with Crippen molar-refractivity contribution < 1.29 is 9.90 Å². The molecule has 0 aliphatic carbocycles. The number of aryl methyl sites for hydroxylation is 1. The van der Waals surface area contributed by atoms with Crippen molar-refractivity contribution in [1.29, 1.82) is 0 Å². The molecule has 0 saturated carbocycles. The van der Waals surface area contributed by atoms with Gasteiger partial charge in [0.25, 0.3) is 0 Å². The van der Waals surface area contributed by atoms with Crippen LogP contribution in [0.2, 0.25) is 0 Å². The second-order valence-electron chi connectivity index (χ2n) is 4.83. The van der Waals surface area contributed by atoms with Crippen molar-refractivity contribution in [3.05, 3.63) is 23.3 Å². The van der Waals surface area contributed by atoms with Crippen LogP contribution in [0.25, 0.3) is 0 Å². The van der Waals surface area contributed by atoms with Gasteiger partial charge >= 0.3 is 5.97 Å². The molecule has 0 saturated heterocycles. The third kappa shape index (κ3) is 2.95. The molecule has 1 N–H and O–H groups in total. The first-order valence-corrected chi connectivity index (χ1v) is 5.98. The van der Waals surface area contributed by atoms with Crippen LogP contribution in [0.3, 0.4) is 0 Å². The molecular weight excluding hydrogens is 248 g/mol. The molecule has 2 aromatic rings. The number of aromatic carboxylic acids is 1. The van der Waals surface area contributed by atoms with Crippen LogP contribution in [-0.4, -0.2) is 41.1 Å². The highest BCUT2D eigenvalue weighted by Gasteiger charge is 2.20. The molecule has 0 aromatic carbocycles. The van der Waals surface area contributed by atoms with E-state index in [1.165, 1.54) is 0 Å². The van der Waals surface area contributed by atoms with Crippen molar-refractivity contribution in [1.82, 2.24) is 30.0 Å². The zero-order valence-electron chi connectivity index (χ0n) is 11.1. The predicted octanol–water partition coefficient (Wildman–Crippen LogP) is 0.352. The Labute approximate surface area is 110 Å². The number of hydrogen-bond donors (Lipinski definition) is 1. The summed E-state index contributed by atoms with van der Waals surface area (Å²) in [6, 6.07) is 0. The van der Waals surface area contributed by atoms with Gasteiger partial charge in [-0.2, -0.15) is 0 Å². The Hall–Kier alpha value is -2.25. The predicted molar refractivity (Wildman–Crippen MR) is 65.6 cm³/mol. The Kier molecular flexibility index (Phi) is 3.59. The van der Waals surface area contributed by atoms with Crippen LogP contribution in [0.5, 0.6) is 0 Å². The lowest BCUT2D eigenvalue weighted by Gasteiger charge is -2.07. The highest BCUT2D eigenvalue weighted by Crippen LogP contribution is 2.13. The van der Waals surface area contributed by atoms with Crippen LogP contribution in [-0.2, 0) is 20.0 Å². The monoisotopic (exact) mass is 264 g/mol. The fraction of sp³-hybridized carbons (Fsp3) is 0.545. The standard InChI is InChI=1S/C11H16N6O2/c1-7(2)4-9-10(11(18)19)13-15-17(9)6-8-5-16(3)14-12-8/h5,7H,4,6H2,1-3H3,(H,18,19).